The Labute approximate surface area is 381 Å². The van der Waals surface area contributed by atoms with Gasteiger partial charge in [-0.3, -0.25) is 34.1 Å². The molecule has 0 aliphatic carbocycles. The van der Waals surface area contributed by atoms with Gasteiger partial charge >= 0.3 is 0 Å². The largest absolute Gasteiger partial charge is 0.508 e. The summed E-state index contributed by atoms with van der Waals surface area (Å²) in [4.78, 5) is 86.0. The second kappa shape index (κ2) is 22.5. The molecular formula is C44H63N7O15. The SMILES string of the molecule is CCC1NC(=O)C2C(O)CCN2C(=O)C(C(C)O)NC(O)C(C(O)C(O)c2ccc(O)cc2)CNC(=O)C2CC(O)CN2C(=O)C(C(C)O)NC(=O)C(NC(=O)c2ccc(C)cc2)CC1O. The van der Waals surface area contributed by atoms with E-state index in [0.717, 1.165) is 15.4 Å². The number of benzene rings is 2. The average Bonchev–Trinajstić information content (AvgIpc) is 3.87. The molecule has 0 bridgehead atoms. The van der Waals surface area contributed by atoms with Gasteiger partial charge in [0, 0.05) is 44.0 Å². The molecule has 0 radical (unpaired) electrons. The van der Waals surface area contributed by atoms with E-state index >= 15 is 0 Å². The van der Waals surface area contributed by atoms with Gasteiger partial charge in [-0.1, -0.05) is 36.8 Å². The van der Waals surface area contributed by atoms with Crippen LogP contribution in [0.2, 0.25) is 0 Å². The minimum Gasteiger partial charge on any atom is -0.508 e. The van der Waals surface area contributed by atoms with Crippen LogP contribution in [0.4, 0.5) is 0 Å². The topological polar surface area (TPSA) is 351 Å². The van der Waals surface area contributed by atoms with Gasteiger partial charge < -0.3 is 77.0 Å². The molecule has 3 fully saturated rings. The van der Waals surface area contributed by atoms with Gasteiger partial charge in [-0.2, -0.15) is 0 Å². The molecule has 66 heavy (non-hydrogen) atoms. The molecule has 6 amide bonds. The maximum absolute atomic E-state index is 14.2. The Hall–Kier alpha value is -5.30. The Balaban J connectivity index is 1.56. The zero-order chi connectivity index (χ0) is 48.7. The van der Waals surface area contributed by atoms with E-state index < -0.39 is 146 Å². The van der Waals surface area contributed by atoms with E-state index in [2.05, 4.69) is 26.6 Å². The molecule has 22 nitrogen and oxygen atoms in total. The second-order valence-corrected chi connectivity index (χ2v) is 17.4. The van der Waals surface area contributed by atoms with Crippen LogP contribution in [-0.2, 0) is 24.0 Å². The van der Waals surface area contributed by atoms with Crippen LogP contribution in [0.1, 0.15) is 74.0 Å². The molecule has 3 heterocycles. The van der Waals surface area contributed by atoms with E-state index in [0.29, 0.717) is 0 Å². The fourth-order valence-electron chi connectivity index (χ4n) is 8.55. The molecule has 364 valence electrons. The molecule has 0 saturated carbocycles. The maximum atomic E-state index is 14.2. The highest BCUT2D eigenvalue weighted by atomic mass is 16.3. The van der Waals surface area contributed by atoms with Gasteiger partial charge in [0.25, 0.3) is 5.91 Å². The van der Waals surface area contributed by atoms with Crippen LogP contribution in [0.5, 0.6) is 5.75 Å². The molecule has 2 aromatic rings. The third kappa shape index (κ3) is 12.2. The molecule has 5 rings (SSSR count). The summed E-state index contributed by atoms with van der Waals surface area (Å²) in [5.41, 5.74) is 1.03. The standard InChI is InChI=1S/C44H63N7O15/c1-5-28-32(57)17-29(47-38(60)24-8-6-20(2)7-9-24)40(62)49-34(22(4)53)44(66)51-19-26(55)16-30(51)41(63)45-18-27(37(59)36(58)23-10-12-25(54)13-11-23)39(61)48-33(21(3)52)43(65)50-15-14-31(56)35(50)42(64)46-28/h6-13,21-22,26-37,39,48,52-59,61H,5,14-19H2,1-4H3,(H,45,63)(H,46,64)(H,47,60)(H,49,62). The van der Waals surface area contributed by atoms with Crippen LogP contribution >= 0.6 is 0 Å². The third-order valence-electron chi connectivity index (χ3n) is 12.5. The lowest BCUT2D eigenvalue weighted by molar-refractivity contribution is -0.147. The van der Waals surface area contributed by atoms with Crippen molar-refractivity contribution in [1.82, 2.24) is 36.4 Å². The molecule has 2 aromatic carbocycles. The summed E-state index contributed by atoms with van der Waals surface area (Å²) in [7, 11) is 0. The van der Waals surface area contributed by atoms with E-state index in [1.807, 2.05) is 0 Å². The highest BCUT2D eigenvalue weighted by Crippen LogP contribution is 2.28. The number of carbonyl (C=O) groups is 6. The first kappa shape index (κ1) is 51.7. The van der Waals surface area contributed by atoms with Crippen molar-refractivity contribution >= 4 is 35.4 Å². The number of aromatic hydroxyl groups is 1. The van der Waals surface area contributed by atoms with Gasteiger partial charge in [-0.25, -0.2) is 0 Å². The normalized spacial score (nSPS) is 31.8. The average molecular weight is 930 g/mol. The van der Waals surface area contributed by atoms with Crippen molar-refractivity contribution in [1.29, 1.82) is 0 Å². The summed E-state index contributed by atoms with van der Waals surface area (Å²) in [5, 5.41) is 112. The van der Waals surface area contributed by atoms with Crippen molar-refractivity contribution in [2.45, 2.75) is 139 Å². The zero-order valence-corrected chi connectivity index (χ0v) is 37.1. The Morgan fingerprint density at radius 2 is 1.41 bits per heavy atom. The quantitative estimate of drug-likeness (QED) is 0.119. The van der Waals surface area contributed by atoms with Crippen LogP contribution in [0.3, 0.4) is 0 Å². The van der Waals surface area contributed by atoms with Crippen molar-refractivity contribution in [3.05, 3.63) is 65.2 Å². The van der Waals surface area contributed by atoms with Crippen LogP contribution < -0.4 is 26.6 Å². The summed E-state index contributed by atoms with van der Waals surface area (Å²) in [6.07, 6.45) is -14.4. The van der Waals surface area contributed by atoms with E-state index in [1.54, 1.807) is 26.0 Å². The number of rotatable bonds is 8. The number of phenolic OH excluding ortho intramolecular Hbond substituents is 1. The summed E-state index contributed by atoms with van der Waals surface area (Å²) >= 11 is 0. The van der Waals surface area contributed by atoms with Gasteiger partial charge in [-0.05, 0) is 63.4 Å². The van der Waals surface area contributed by atoms with Crippen LogP contribution in [0, 0.1) is 12.8 Å². The molecule has 0 aromatic heterocycles. The minimum absolute atomic E-state index is 0.0171. The molecule has 0 spiro atoms. The van der Waals surface area contributed by atoms with Gasteiger partial charge in [0.2, 0.25) is 29.5 Å². The lowest BCUT2D eigenvalue weighted by atomic mass is 9.91. The van der Waals surface area contributed by atoms with E-state index in [1.165, 1.54) is 50.2 Å². The minimum atomic E-state index is -2.03. The fraction of sp³-hybridized carbons (Fsp3) is 0.591. The van der Waals surface area contributed by atoms with Crippen molar-refractivity contribution in [3.8, 4) is 5.75 Å². The lowest BCUT2D eigenvalue weighted by Crippen LogP contribution is -2.63. The van der Waals surface area contributed by atoms with E-state index in [4.69, 9.17) is 0 Å². The van der Waals surface area contributed by atoms with Crippen molar-refractivity contribution in [3.63, 3.8) is 0 Å². The summed E-state index contributed by atoms with van der Waals surface area (Å²) in [6.45, 7) is 4.41. The number of hydrogen-bond acceptors (Lipinski definition) is 16. The predicted octanol–water partition coefficient (Wildman–Crippen LogP) is -4.27. The fourth-order valence-corrected chi connectivity index (χ4v) is 8.55. The number of nitrogens with zero attached hydrogens (tertiary/aromatic N) is 2. The van der Waals surface area contributed by atoms with Crippen molar-refractivity contribution in [2.24, 2.45) is 5.92 Å². The van der Waals surface area contributed by atoms with Crippen LogP contribution in [0.15, 0.2) is 48.5 Å². The number of amides is 6. The Morgan fingerprint density at radius 3 is 2.02 bits per heavy atom. The Bertz CT molecular complexity index is 2020. The monoisotopic (exact) mass is 929 g/mol. The number of aliphatic hydroxyl groups is 8. The first-order valence-corrected chi connectivity index (χ1v) is 22.0. The van der Waals surface area contributed by atoms with Crippen LogP contribution in [0.25, 0.3) is 0 Å². The highest BCUT2D eigenvalue weighted by Gasteiger charge is 2.47. The van der Waals surface area contributed by atoms with Crippen molar-refractivity contribution in [2.75, 3.05) is 19.6 Å². The first-order chi connectivity index (χ1) is 31.1. The van der Waals surface area contributed by atoms with E-state index in [-0.39, 0.29) is 42.7 Å². The summed E-state index contributed by atoms with van der Waals surface area (Å²) in [6, 6.07) is 1.91. The van der Waals surface area contributed by atoms with E-state index in [9.17, 15) is 74.7 Å². The predicted molar refractivity (Wildman–Crippen MR) is 231 cm³/mol. The first-order valence-electron chi connectivity index (χ1n) is 22.0. The molecule has 15 unspecified atom stereocenters. The molecule has 14 N–H and O–H groups in total. The summed E-state index contributed by atoms with van der Waals surface area (Å²) < 4.78 is 0. The van der Waals surface area contributed by atoms with Gasteiger partial charge in [0.1, 0.15) is 48.3 Å². The number of hydrogen-bond donors (Lipinski definition) is 14. The Morgan fingerprint density at radius 1 is 0.788 bits per heavy atom. The smallest absolute Gasteiger partial charge is 0.251 e. The number of phenols is 1. The van der Waals surface area contributed by atoms with Crippen LogP contribution in [-0.4, -0.2) is 190 Å². The number of aryl methyl sites for hydroxylation is 1. The molecule has 3 aliphatic heterocycles. The van der Waals surface area contributed by atoms with Crippen molar-refractivity contribution < 1.29 is 74.7 Å². The summed E-state index contributed by atoms with van der Waals surface area (Å²) in [5.74, 6) is -7.51. The molecule has 15 atom stereocenters. The molecule has 22 heteroatoms. The number of nitrogens with one attached hydrogen (secondary N) is 5. The number of carbonyl (C=O) groups excluding carboxylic acids is 6. The second-order valence-electron chi connectivity index (χ2n) is 17.4. The maximum Gasteiger partial charge on any atom is 0.251 e. The molecular weight excluding hydrogens is 867 g/mol. The molecule has 3 aliphatic rings. The number of fused-ring (bicyclic) bond motifs is 2. The van der Waals surface area contributed by atoms with Gasteiger partial charge in [0.15, 0.2) is 0 Å². The molecule has 3 saturated heterocycles. The van der Waals surface area contributed by atoms with Gasteiger partial charge in [0.05, 0.1) is 42.7 Å². The Kier molecular flexibility index (Phi) is 17.6. The number of aliphatic hydroxyl groups excluding tert-OH is 8. The zero-order valence-electron chi connectivity index (χ0n) is 37.1. The third-order valence-corrected chi connectivity index (χ3v) is 12.5. The van der Waals surface area contributed by atoms with Gasteiger partial charge in [-0.15, -0.1) is 0 Å². The highest BCUT2D eigenvalue weighted by molar-refractivity contribution is 5.99. The lowest BCUT2D eigenvalue weighted by Gasteiger charge is -2.37.